The highest BCUT2D eigenvalue weighted by Gasteiger charge is 2.23. The van der Waals surface area contributed by atoms with Crippen molar-refractivity contribution in [3.63, 3.8) is 0 Å². The smallest absolute Gasteiger partial charge is 0.310 e. The lowest BCUT2D eigenvalue weighted by Gasteiger charge is -2.30. The van der Waals surface area contributed by atoms with Crippen LogP contribution >= 0.6 is 19.9 Å². The first-order chi connectivity index (χ1) is 7.76. The predicted octanol–water partition coefficient (Wildman–Crippen LogP) is 1.88. The summed E-state index contributed by atoms with van der Waals surface area (Å²) in [6.45, 7) is 4.69. The van der Waals surface area contributed by atoms with Crippen LogP contribution < -0.4 is 0 Å². The van der Waals surface area contributed by atoms with E-state index >= 15 is 0 Å². The molecule has 1 aliphatic heterocycles. The molecule has 1 unspecified atom stereocenters. The van der Waals surface area contributed by atoms with E-state index in [2.05, 4.69) is 18.8 Å². The second-order valence-electron chi connectivity index (χ2n) is 3.94. The van der Waals surface area contributed by atoms with E-state index in [4.69, 9.17) is 9.39 Å². The highest BCUT2D eigenvalue weighted by atomic mass is 32.7. The van der Waals surface area contributed by atoms with Gasteiger partial charge in [-0.15, -0.1) is 0 Å². The molecule has 3 nitrogen and oxygen atoms in total. The van der Waals surface area contributed by atoms with Gasteiger partial charge in [0.15, 0.2) is 0 Å². The van der Waals surface area contributed by atoms with Crippen LogP contribution in [-0.2, 0) is 14.2 Å². The number of thiol groups is 1. The van der Waals surface area contributed by atoms with Crippen LogP contribution in [0.2, 0.25) is 0 Å². The van der Waals surface area contributed by atoms with E-state index in [-0.39, 0.29) is 12.2 Å². The molecular weight excluding hydrogens is 242 g/mol. The maximum atomic E-state index is 10.4. The first-order valence-electron chi connectivity index (χ1n) is 5.46. The molecule has 3 atom stereocenters. The Morgan fingerprint density at radius 1 is 1.62 bits per heavy atom. The molecule has 0 N–H and O–H groups in total. The van der Waals surface area contributed by atoms with Gasteiger partial charge in [0, 0.05) is 13.0 Å². The van der Waals surface area contributed by atoms with Gasteiger partial charge in [-0.1, -0.05) is 19.8 Å². The Kier molecular flexibility index (Phi) is 7.38. The number of ether oxygens (including phenoxy) is 1. The summed E-state index contributed by atoms with van der Waals surface area (Å²) in [6, 6.07) is 0. The zero-order chi connectivity index (χ0) is 11.8. The molecule has 1 aliphatic rings. The van der Waals surface area contributed by atoms with E-state index in [1.807, 2.05) is 0 Å². The third kappa shape index (κ3) is 5.49. The van der Waals surface area contributed by atoms with Crippen LogP contribution in [0.5, 0.6) is 0 Å². The summed E-state index contributed by atoms with van der Waals surface area (Å²) in [6.07, 6.45) is 4.14. The third-order valence-corrected chi connectivity index (χ3v) is 3.25. The average molecular weight is 260 g/mol. The van der Waals surface area contributed by atoms with Crippen LogP contribution in [0, 0.1) is 0 Å². The molecule has 1 heterocycles. The van der Waals surface area contributed by atoms with Crippen LogP contribution in [0.4, 0.5) is 0 Å². The van der Waals surface area contributed by atoms with Crippen molar-refractivity contribution in [3.05, 3.63) is 12.2 Å². The Hall–Kier alpha value is 0.175. The van der Waals surface area contributed by atoms with E-state index in [1.54, 1.807) is 0 Å². The van der Waals surface area contributed by atoms with Crippen LogP contribution in [-0.4, -0.2) is 32.3 Å². The number of hydrogen-bond acceptors (Lipinski definition) is 4. The fraction of sp³-hybridized carbons (Fsp3) is 0.700. The lowest BCUT2D eigenvalue weighted by Crippen LogP contribution is -2.30. The van der Waals surface area contributed by atoms with Gasteiger partial charge in [0.2, 0.25) is 0 Å². The molecular formula is C10H18BO3PS. The van der Waals surface area contributed by atoms with Crippen molar-refractivity contribution in [1.82, 2.24) is 0 Å². The van der Waals surface area contributed by atoms with Crippen molar-refractivity contribution in [2.75, 3.05) is 6.61 Å². The Balaban J connectivity index is 2.24. The Bertz CT molecular complexity index is 240. The van der Waals surface area contributed by atoms with Crippen LogP contribution in [0.15, 0.2) is 12.2 Å². The number of carbonyl (C=O) groups excluding carboxylic acids is 1. The minimum Gasteiger partial charge on any atom is -0.434 e. The number of carbonyl (C=O) groups is 1. The van der Waals surface area contributed by atoms with Crippen LogP contribution in [0.25, 0.3) is 0 Å². The van der Waals surface area contributed by atoms with Gasteiger partial charge in [0.1, 0.15) is 6.29 Å². The van der Waals surface area contributed by atoms with E-state index in [9.17, 15) is 4.79 Å². The molecule has 0 amide bonds. The Labute approximate surface area is 105 Å². The highest BCUT2D eigenvalue weighted by Crippen LogP contribution is 2.26. The second-order valence-corrected chi connectivity index (χ2v) is 5.49. The summed E-state index contributed by atoms with van der Waals surface area (Å²) in [5.74, 6) is 0. The number of rotatable bonds is 7. The molecule has 90 valence electrons. The summed E-state index contributed by atoms with van der Waals surface area (Å²) >= 11 is 4.10. The minimum absolute atomic E-state index is 0.0236. The molecule has 0 aliphatic carbocycles. The molecule has 1 saturated heterocycles. The van der Waals surface area contributed by atoms with Gasteiger partial charge in [-0.25, -0.2) is 0 Å². The summed E-state index contributed by atoms with van der Waals surface area (Å²) in [7, 11) is 1.24. The van der Waals surface area contributed by atoms with E-state index in [0.717, 1.165) is 25.5 Å². The van der Waals surface area contributed by atoms with Crippen molar-refractivity contribution in [1.29, 1.82) is 0 Å². The largest absolute Gasteiger partial charge is 0.434 e. The van der Waals surface area contributed by atoms with Gasteiger partial charge >= 0.3 is 7.20 Å². The van der Waals surface area contributed by atoms with Gasteiger partial charge in [0.05, 0.1) is 12.2 Å². The molecule has 1 rings (SSSR count). The van der Waals surface area contributed by atoms with Gasteiger partial charge in [-0.05, 0) is 19.3 Å². The molecule has 0 radical (unpaired) electrons. The van der Waals surface area contributed by atoms with Crippen molar-refractivity contribution in [3.8, 4) is 0 Å². The molecule has 0 aromatic carbocycles. The van der Waals surface area contributed by atoms with Crippen LogP contribution in [0.1, 0.15) is 25.7 Å². The lowest BCUT2D eigenvalue weighted by atomic mass is 9.96. The maximum Gasteiger partial charge on any atom is 0.310 e. The molecule has 0 bridgehead atoms. The Morgan fingerprint density at radius 3 is 3.06 bits per heavy atom. The summed E-state index contributed by atoms with van der Waals surface area (Å²) in [5.41, 5.74) is 1.18. The standard InChI is InChI=1S/C10H18BO3PS/c1-8-6-9(2-4-12)14-10(7-8)3-5-13-11-15-16/h4,9-11,15-16H,1-3,5-7H2/t9-,10-/m0/s1. The first kappa shape index (κ1) is 14.2. The Morgan fingerprint density at radius 2 is 2.38 bits per heavy atom. The third-order valence-electron chi connectivity index (χ3n) is 2.53. The zero-order valence-electron chi connectivity index (χ0n) is 9.35. The van der Waals surface area contributed by atoms with Gasteiger partial charge in [-0.3, -0.25) is 0 Å². The monoisotopic (exact) mass is 260 g/mol. The highest BCUT2D eigenvalue weighted by molar-refractivity contribution is 8.46. The lowest BCUT2D eigenvalue weighted by molar-refractivity contribution is -0.113. The molecule has 0 spiro atoms. The summed E-state index contributed by atoms with van der Waals surface area (Å²) in [4.78, 5) is 10.4. The van der Waals surface area contributed by atoms with Crippen molar-refractivity contribution in [2.45, 2.75) is 37.9 Å². The fourth-order valence-corrected chi connectivity index (χ4v) is 2.35. The number of hydrogen-bond donors (Lipinski definition) is 1. The summed E-state index contributed by atoms with van der Waals surface area (Å²) in [5, 5.41) is 0. The molecule has 0 aromatic rings. The maximum absolute atomic E-state index is 10.4. The average Bonchev–Trinajstić information content (AvgIpc) is 2.24. The molecule has 16 heavy (non-hydrogen) atoms. The van der Waals surface area contributed by atoms with Crippen molar-refractivity contribution >= 4 is 33.4 Å². The molecule has 1 fully saturated rings. The number of aldehydes is 1. The topological polar surface area (TPSA) is 35.5 Å². The predicted molar refractivity (Wildman–Crippen MR) is 72.7 cm³/mol. The van der Waals surface area contributed by atoms with Gasteiger partial charge in [0.25, 0.3) is 0 Å². The van der Waals surface area contributed by atoms with Crippen molar-refractivity contribution < 1.29 is 14.2 Å². The molecule has 0 saturated carbocycles. The van der Waals surface area contributed by atoms with Crippen molar-refractivity contribution in [2.24, 2.45) is 0 Å². The van der Waals surface area contributed by atoms with Gasteiger partial charge in [-0.2, -0.15) is 12.2 Å². The quantitative estimate of drug-likeness (QED) is 0.189. The van der Waals surface area contributed by atoms with Crippen LogP contribution in [0.3, 0.4) is 0 Å². The molecule has 0 aromatic heterocycles. The van der Waals surface area contributed by atoms with E-state index in [0.29, 0.717) is 27.9 Å². The summed E-state index contributed by atoms with van der Waals surface area (Å²) < 4.78 is 11.2. The SMILES string of the molecule is C=C1C[C@H](CC=O)O[C@@H](CCOBPS)C1. The normalized spacial score (nSPS) is 26.2. The zero-order valence-corrected chi connectivity index (χ0v) is 11.2. The minimum atomic E-state index is 0.0236. The fourth-order valence-electron chi connectivity index (χ4n) is 1.84. The van der Waals surface area contributed by atoms with Gasteiger partial charge < -0.3 is 14.2 Å². The van der Waals surface area contributed by atoms with E-state index in [1.165, 1.54) is 5.57 Å². The molecule has 6 heteroatoms. The first-order valence-corrected chi connectivity index (χ1v) is 7.96. The van der Waals surface area contributed by atoms with E-state index < -0.39 is 0 Å². The second kappa shape index (κ2) is 8.29.